The molecule has 0 heterocycles. The first-order chi connectivity index (χ1) is 5.40. The largest absolute Gasteiger partial charge is 0.365 e. The standard InChI is InChI=1S/C9H22N2Si/c1-6-11(7-12)8(2)10-9(3,4)5/h6-7H2,1-5,12H3/b10-8+. The Labute approximate surface area is 79.5 Å². The van der Waals surface area contributed by atoms with Gasteiger partial charge in [0.05, 0.1) is 11.4 Å². The summed E-state index contributed by atoms with van der Waals surface area (Å²) in [4.78, 5) is 6.95. The van der Waals surface area contributed by atoms with Gasteiger partial charge in [-0.05, 0) is 34.6 Å². The third-order valence-electron chi connectivity index (χ3n) is 1.72. The molecule has 0 aromatic heterocycles. The maximum absolute atomic E-state index is 4.62. The molecule has 0 N–H and O–H groups in total. The van der Waals surface area contributed by atoms with Crippen molar-refractivity contribution in [1.29, 1.82) is 0 Å². The van der Waals surface area contributed by atoms with Crippen molar-refractivity contribution in [2.45, 2.75) is 40.2 Å². The van der Waals surface area contributed by atoms with Gasteiger partial charge in [0.25, 0.3) is 0 Å². The fraction of sp³-hybridized carbons (Fsp3) is 0.889. The van der Waals surface area contributed by atoms with Crippen molar-refractivity contribution in [3.8, 4) is 0 Å². The Morgan fingerprint density at radius 3 is 2.17 bits per heavy atom. The molecular formula is C9H22N2Si. The highest BCUT2D eigenvalue weighted by atomic mass is 28.1. The van der Waals surface area contributed by atoms with E-state index in [9.17, 15) is 0 Å². The fourth-order valence-electron chi connectivity index (χ4n) is 1.24. The van der Waals surface area contributed by atoms with Crippen LogP contribution < -0.4 is 0 Å². The van der Waals surface area contributed by atoms with Gasteiger partial charge in [-0.15, -0.1) is 0 Å². The van der Waals surface area contributed by atoms with Gasteiger partial charge in [0.2, 0.25) is 0 Å². The van der Waals surface area contributed by atoms with Gasteiger partial charge in [0, 0.05) is 23.0 Å². The lowest BCUT2D eigenvalue weighted by molar-refractivity contribution is 0.486. The molecule has 0 unspecified atom stereocenters. The Morgan fingerprint density at radius 1 is 1.42 bits per heavy atom. The van der Waals surface area contributed by atoms with E-state index in [1.807, 2.05) is 0 Å². The van der Waals surface area contributed by atoms with Crippen LogP contribution in [0.2, 0.25) is 0 Å². The predicted molar refractivity (Wildman–Crippen MR) is 60.0 cm³/mol. The van der Waals surface area contributed by atoms with Crippen LogP contribution in [0.1, 0.15) is 34.6 Å². The monoisotopic (exact) mass is 186 g/mol. The summed E-state index contributed by atoms with van der Waals surface area (Å²) in [5, 5.41) is 0. The smallest absolute Gasteiger partial charge is 0.0960 e. The highest BCUT2D eigenvalue weighted by molar-refractivity contribution is 6.10. The van der Waals surface area contributed by atoms with Crippen molar-refractivity contribution in [2.75, 3.05) is 12.7 Å². The van der Waals surface area contributed by atoms with E-state index in [1.165, 1.54) is 22.2 Å². The van der Waals surface area contributed by atoms with Gasteiger partial charge in [-0.25, -0.2) is 0 Å². The molecule has 0 aromatic rings. The van der Waals surface area contributed by atoms with Crippen molar-refractivity contribution < 1.29 is 0 Å². The van der Waals surface area contributed by atoms with Crippen LogP contribution in [0, 0.1) is 0 Å². The van der Waals surface area contributed by atoms with Crippen LogP contribution in [-0.4, -0.2) is 39.2 Å². The summed E-state index contributed by atoms with van der Waals surface area (Å²) in [6, 6.07) is 0. The van der Waals surface area contributed by atoms with Crippen LogP contribution in [0.4, 0.5) is 0 Å². The minimum atomic E-state index is 0.0637. The summed E-state index contributed by atoms with van der Waals surface area (Å²) in [5.41, 5.74) is 0.0637. The fourth-order valence-corrected chi connectivity index (χ4v) is 2.14. The summed E-state index contributed by atoms with van der Waals surface area (Å²) in [5.74, 6) is 1.18. The molecule has 0 amide bonds. The van der Waals surface area contributed by atoms with Crippen molar-refractivity contribution in [3.05, 3.63) is 0 Å². The van der Waals surface area contributed by atoms with Crippen molar-refractivity contribution in [3.63, 3.8) is 0 Å². The van der Waals surface area contributed by atoms with Crippen LogP contribution in [0.25, 0.3) is 0 Å². The Balaban J connectivity index is 4.34. The van der Waals surface area contributed by atoms with E-state index in [0.717, 1.165) is 6.54 Å². The third kappa shape index (κ3) is 4.54. The molecule has 2 nitrogen and oxygen atoms in total. The summed E-state index contributed by atoms with van der Waals surface area (Å²) in [6.45, 7) is 11.8. The van der Waals surface area contributed by atoms with E-state index >= 15 is 0 Å². The lowest BCUT2D eigenvalue weighted by atomic mass is 10.1. The Hall–Kier alpha value is -0.313. The average molecular weight is 186 g/mol. The molecule has 0 saturated carbocycles. The van der Waals surface area contributed by atoms with Crippen LogP contribution in [0.3, 0.4) is 0 Å². The van der Waals surface area contributed by atoms with Crippen molar-refractivity contribution in [1.82, 2.24) is 4.90 Å². The topological polar surface area (TPSA) is 15.6 Å². The van der Waals surface area contributed by atoms with E-state index in [2.05, 4.69) is 44.5 Å². The SMILES string of the molecule is CCN(C[SiH3])/C(C)=N/C(C)(C)C. The first kappa shape index (κ1) is 11.7. The molecule has 0 fully saturated rings. The zero-order valence-electron chi connectivity index (χ0n) is 9.31. The Bertz CT molecular complexity index is 154. The molecule has 0 spiro atoms. The molecule has 0 saturated heterocycles. The molecule has 0 aliphatic carbocycles. The van der Waals surface area contributed by atoms with Gasteiger partial charge in [0.15, 0.2) is 0 Å². The van der Waals surface area contributed by atoms with Crippen LogP contribution in [0.15, 0.2) is 4.99 Å². The van der Waals surface area contributed by atoms with Gasteiger partial charge < -0.3 is 4.90 Å². The lowest BCUT2D eigenvalue weighted by Crippen LogP contribution is -2.32. The molecule has 0 aliphatic heterocycles. The molecular weight excluding hydrogens is 164 g/mol. The molecule has 72 valence electrons. The highest BCUT2D eigenvalue weighted by Gasteiger charge is 2.09. The molecule has 0 bridgehead atoms. The van der Waals surface area contributed by atoms with Crippen LogP contribution in [0.5, 0.6) is 0 Å². The number of hydrogen-bond acceptors (Lipinski definition) is 1. The first-order valence-electron chi connectivity index (χ1n) is 4.72. The second kappa shape index (κ2) is 4.65. The third-order valence-corrected chi connectivity index (χ3v) is 2.48. The summed E-state index contributed by atoms with van der Waals surface area (Å²) < 4.78 is 0. The van der Waals surface area contributed by atoms with Gasteiger partial charge in [0.1, 0.15) is 0 Å². The van der Waals surface area contributed by atoms with E-state index in [1.54, 1.807) is 0 Å². The zero-order valence-corrected chi connectivity index (χ0v) is 11.3. The maximum Gasteiger partial charge on any atom is 0.0960 e. The minimum Gasteiger partial charge on any atom is -0.365 e. The summed E-state index contributed by atoms with van der Waals surface area (Å²) in [7, 11) is 1.22. The van der Waals surface area contributed by atoms with Crippen molar-refractivity contribution >= 4 is 16.1 Å². The van der Waals surface area contributed by atoms with Crippen LogP contribution >= 0.6 is 0 Å². The average Bonchev–Trinajstić information content (AvgIpc) is 1.85. The molecule has 0 aliphatic rings. The van der Waals surface area contributed by atoms with Gasteiger partial charge in [-0.2, -0.15) is 0 Å². The van der Waals surface area contributed by atoms with Crippen molar-refractivity contribution in [2.24, 2.45) is 4.99 Å². The molecule has 0 aromatic carbocycles. The van der Waals surface area contributed by atoms with E-state index in [-0.39, 0.29) is 5.54 Å². The molecule has 0 rings (SSSR count). The highest BCUT2D eigenvalue weighted by Crippen LogP contribution is 2.07. The summed E-state index contributed by atoms with van der Waals surface area (Å²) in [6.07, 6.45) is 1.18. The zero-order chi connectivity index (χ0) is 9.78. The van der Waals surface area contributed by atoms with E-state index in [4.69, 9.17) is 0 Å². The molecule has 0 atom stereocenters. The molecule has 3 heteroatoms. The number of aliphatic imine (C=N–C) groups is 1. The predicted octanol–water partition coefficient (Wildman–Crippen LogP) is 0.848. The lowest BCUT2D eigenvalue weighted by Gasteiger charge is -2.23. The maximum atomic E-state index is 4.62. The Kier molecular flexibility index (Phi) is 4.53. The normalized spacial score (nSPS) is 13.6. The number of amidine groups is 1. The second-order valence-corrected chi connectivity index (χ2v) is 4.63. The number of nitrogens with zero attached hydrogens (tertiary/aromatic N) is 2. The van der Waals surface area contributed by atoms with E-state index in [0.29, 0.717) is 0 Å². The number of rotatable bonds is 2. The van der Waals surface area contributed by atoms with Gasteiger partial charge in [-0.1, -0.05) is 0 Å². The van der Waals surface area contributed by atoms with Gasteiger partial charge >= 0.3 is 0 Å². The number of hydrogen-bond donors (Lipinski definition) is 0. The molecule has 0 radical (unpaired) electrons. The quantitative estimate of drug-likeness (QED) is 0.355. The van der Waals surface area contributed by atoms with E-state index < -0.39 is 0 Å². The molecule has 12 heavy (non-hydrogen) atoms. The van der Waals surface area contributed by atoms with Gasteiger partial charge in [-0.3, -0.25) is 4.99 Å². The Morgan fingerprint density at radius 2 is 1.92 bits per heavy atom. The second-order valence-electron chi connectivity index (χ2n) is 4.00. The summed E-state index contributed by atoms with van der Waals surface area (Å²) >= 11 is 0. The first-order valence-corrected chi connectivity index (χ1v) is 6.13. The minimum absolute atomic E-state index is 0.0637. The van der Waals surface area contributed by atoms with Crippen LogP contribution in [-0.2, 0) is 0 Å².